The van der Waals surface area contributed by atoms with Crippen LogP contribution in [-0.4, -0.2) is 38.9 Å². The van der Waals surface area contributed by atoms with Gasteiger partial charge in [-0.3, -0.25) is 14.0 Å². The number of likely N-dealkylation sites (tertiary alicyclic amines) is 1. The van der Waals surface area contributed by atoms with E-state index in [2.05, 4.69) is 20.7 Å². The lowest BCUT2D eigenvalue weighted by Gasteiger charge is -2.14. The lowest BCUT2D eigenvalue weighted by atomic mass is 10.1. The van der Waals surface area contributed by atoms with Crippen LogP contribution in [0.15, 0.2) is 71.8 Å². The van der Waals surface area contributed by atoms with Crippen LogP contribution in [0.5, 0.6) is 0 Å². The first-order valence-corrected chi connectivity index (χ1v) is 10.7. The zero-order valence-corrected chi connectivity index (χ0v) is 18.6. The molecule has 3 heterocycles. The van der Waals surface area contributed by atoms with Crippen molar-refractivity contribution >= 4 is 34.9 Å². The quantitative estimate of drug-likeness (QED) is 0.424. The Bertz CT molecular complexity index is 1240. The molecule has 5 rings (SSSR count). The summed E-state index contributed by atoms with van der Waals surface area (Å²) in [6.07, 6.45) is 6.31. The Balaban J connectivity index is 0.00000231. The minimum absolute atomic E-state index is 0. The Morgan fingerprint density at radius 3 is 2.42 bits per heavy atom. The summed E-state index contributed by atoms with van der Waals surface area (Å²) in [5.41, 5.74) is 3.73. The molecular formula is C24H24Cl2N4O. The summed E-state index contributed by atoms with van der Waals surface area (Å²) < 4.78 is 3.73. The monoisotopic (exact) mass is 454 g/mol. The van der Waals surface area contributed by atoms with Gasteiger partial charge < -0.3 is 4.90 Å². The molecule has 4 aromatic rings. The number of halogens is 2. The number of rotatable bonds is 5. The third-order valence-electron chi connectivity index (χ3n) is 5.83. The number of nitrogens with zero attached hydrogens (tertiary/aromatic N) is 4. The minimum Gasteiger partial charge on any atom is -0.301 e. The average molecular weight is 455 g/mol. The lowest BCUT2D eigenvalue weighted by molar-refractivity contribution is 0.318. The van der Waals surface area contributed by atoms with Crippen LogP contribution in [0.4, 0.5) is 0 Å². The summed E-state index contributed by atoms with van der Waals surface area (Å²) in [4.78, 5) is 15.3. The van der Waals surface area contributed by atoms with Gasteiger partial charge in [-0.1, -0.05) is 23.7 Å². The Kier molecular flexibility index (Phi) is 6.46. The van der Waals surface area contributed by atoms with Crippen molar-refractivity contribution in [3.63, 3.8) is 0 Å². The van der Waals surface area contributed by atoms with Crippen LogP contribution in [0.1, 0.15) is 12.8 Å². The van der Waals surface area contributed by atoms with Crippen molar-refractivity contribution in [2.24, 2.45) is 0 Å². The van der Waals surface area contributed by atoms with Crippen molar-refractivity contribution < 1.29 is 0 Å². The van der Waals surface area contributed by atoms with E-state index in [1.54, 1.807) is 10.6 Å². The molecular weight excluding hydrogens is 431 g/mol. The average Bonchev–Trinajstić information content (AvgIpc) is 3.42. The molecule has 1 saturated heterocycles. The highest BCUT2D eigenvalue weighted by Gasteiger charge is 2.12. The summed E-state index contributed by atoms with van der Waals surface area (Å²) in [5.74, 6) is 0. The van der Waals surface area contributed by atoms with Crippen molar-refractivity contribution in [1.82, 2.24) is 19.2 Å². The van der Waals surface area contributed by atoms with Gasteiger partial charge in [0.1, 0.15) is 0 Å². The normalized spacial score (nSPS) is 14.1. The molecule has 5 nitrogen and oxygen atoms in total. The predicted molar refractivity (Wildman–Crippen MR) is 129 cm³/mol. The van der Waals surface area contributed by atoms with Gasteiger partial charge in [0.15, 0.2) is 0 Å². The van der Waals surface area contributed by atoms with Gasteiger partial charge in [-0.15, -0.1) is 12.4 Å². The molecule has 0 bridgehead atoms. The van der Waals surface area contributed by atoms with Gasteiger partial charge in [0.25, 0.3) is 5.56 Å². The number of pyridine rings is 1. The first-order chi connectivity index (χ1) is 14.7. The molecule has 160 valence electrons. The van der Waals surface area contributed by atoms with Crippen molar-refractivity contribution in [2.45, 2.75) is 19.4 Å². The van der Waals surface area contributed by atoms with Crippen LogP contribution >= 0.6 is 24.0 Å². The molecule has 0 saturated carbocycles. The van der Waals surface area contributed by atoms with Gasteiger partial charge in [-0.25, -0.2) is 0 Å². The first kappa shape index (κ1) is 21.6. The second kappa shape index (κ2) is 9.27. The van der Waals surface area contributed by atoms with E-state index in [4.69, 9.17) is 11.6 Å². The van der Waals surface area contributed by atoms with Crippen molar-refractivity contribution in [1.29, 1.82) is 0 Å². The van der Waals surface area contributed by atoms with Crippen LogP contribution in [-0.2, 0) is 6.54 Å². The van der Waals surface area contributed by atoms with Crippen molar-refractivity contribution in [3.8, 4) is 16.8 Å². The topological polar surface area (TPSA) is 43.1 Å². The van der Waals surface area contributed by atoms with E-state index in [0.717, 1.165) is 40.8 Å². The molecule has 1 fully saturated rings. The molecule has 0 spiro atoms. The molecule has 31 heavy (non-hydrogen) atoms. The van der Waals surface area contributed by atoms with Crippen molar-refractivity contribution in [2.75, 3.05) is 19.6 Å². The van der Waals surface area contributed by atoms with E-state index in [-0.39, 0.29) is 18.0 Å². The fraction of sp³-hybridized carbons (Fsp3) is 0.250. The molecule has 0 radical (unpaired) electrons. The van der Waals surface area contributed by atoms with Gasteiger partial charge in [0.2, 0.25) is 0 Å². The van der Waals surface area contributed by atoms with E-state index in [1.807, 2.05) is 54.9 Å². The van der Waals surface area contributed by atoms with Gasteiger partial charge >= 0.3 is 0 Å². The molecule has 0 aliphatic carbocycles. The summed E-state index contributed by atoms with van der Waals surface area (Å²) >= 11 is 5.96. The zero-order chi connectivity index (χ0) is 20.5. The van der Waals surface area contributed by atoms with E-state index in [9.17, 15) is 4.79 Å². The molecule has 0 N–H and O–H groups in total. The first-order valence-electron chi connectivity index (χ1n) is 10.3. The van der Waals surface area contributed by atoms with E-state index in [0.29, 0.717) is 5.02 Å². The molecule has 1 aliphatic rings. The standard InChI is InChI=1S/C24H23ClN4O.ClH/c25-21-5-3-18(4-6-21)19-9-12-28(24(30)16-19)22-7-8-23-20(15-22)17-26-29(23)14-13-27-10-1-2-11-27;/h3-9,12,15-17H,1-2,10-11,13-14H2;1H. The smallest absolute Gasteiger partial charge is 0.255 e. The van der Waals surface area contributed by atoms with E-state index < -0.39 is 0 Å². The maximum absolute atomic E-state index is 12.8. The lowest BCUT2D eigenvalue weighted by Crippen LogP contribution is -2.24. The number of hydrogen-bond acceptors (Lipinski definition) is 3. The van der Waals surface area contributed by atoms with Crippen LogP contribution in [0.3, 0.4) is 0 Å². The summed E-state index contributed by atoms with van der Waals surface area (Å²) in [6.45, 7) is 4.30. The number of aromatic nitrogens is 3. The molecule has 2 aromatic carbocycles. The minimum atomic E-state index is -0.0665. The second-order valence-electron chi connectivity index (χ2n) is 7.79. The highest BCUT2D eigenvalue weighted by atomic mass is 35.5. The third-order valence-corrected chi connectivity index (χ3v) is 6.08. The Morgan fingerprint density at radius 1 is 0.903 bits per heavy atom. The van der Waals surface area contributed by atoms with Crippen LogP contribution < -0.4 is 5.56 Å². The molecule has 0 atom stereocenters. The molecule has 0 amide bonds. The van der Waals surface area contributed by atoms with Gasteiger partial charge in [-0.05, 0) is 73.5 Å². The Hall–Kier alpha value is -2.60. The summed E-state index contributed by atoms with van der Waals surface area (Å²) in [6, 6.07) is 17.2. The largest absolute Gasteiger partial charge is 0.301 e. The molecule has 7 heteroatoms. The third kappa shape index (κ3) is 4.54. The van der Waals surface area contributed by atoms with Crippen molar-refractivity contribution in [3.05, 3.63) is 82.4 Å². The SMILES string of the molecule is Cl.O=c1cc(-c2ccc(Cl)cc2)ccn1-c1ccc2c(cnn2CCN2CCCC2)c1. The number of fused-ring (bicyclic) bond motifs is 1. The Morgan fingerprint density at radius 2 is 1.68 bits per heavy atom. The second-order valence-corrected chi connectivity index (χ2v) is 8.23. The summed E-state index contributed by atoms with van der Waals surface area (Å²) in [7, 11) is 0. The fourth-order valence-electron chi connectivity index (χ4n) is 4.16. The van der Waals surface area contributed by atoms with E-state index >= 15 is 0 Å². The highest BCUT2D eigenvalue weighted by molar-refractivity contribution is 6.30. The molecule has 2 aromatic heterocycles. The maximum Gasteiger partial charge on any atom is 0.255 e. The van der Waals surface area contributed by atoms with Crippen LogP contribution in [0.25, 0.3) is 27.7 Å². The van der Waals surface area contributed by atoms with Gasteiger partial charge in [0.05, 0.1) is 18.3 Å². The fourth-order valence-corrected chi connectivity index (χ4v) is 4.29. The van der Waals surface area contributed by atoms with Crippen LogP contribution in [0.2, 0.25) is 5.02 Å². The summed E-state index contributed by atoms with van der Waals surface area (Å²) in [5, 5.41) is 6.29. The number of hydrogen-bond donors (Lipinski definition) is 0. The van der Waals surface area contributed by atoms with Gasteiger partial charge in [0, 0.05) is 34.9 Å². The van der Waals surface area contributed by atoms with Crippen LogP contribution in [0, 0.1) is 0 Å². The Labute approximate surface area is 192 Å². The molecule has 1 aliphatic heterocycles. The van der Waals surface area contributed by atoms with E-state index in [1.165, 1.54) is 25.9 Å². The van der Waals surface area contributed by atoms with Gasteiger partial charge in [-0.2, -0.15) is 5.10 Å². The highest BCUT2D eigenvalue weighted by Crippen LogP contribution is 2.22. The zero-order valence-electron chi connectivity index (χ0n) is 17.1. The molecule has 0 unspecified atom stereocenters. The maximum atomic E-state index is 12.8. The predicted octanol–water partition coefficient (Wildman–Crippen LogP) is 5.03. The number of benzene rings is 2.